The Bertz CT molecular complexity index is 505. The molecule has 0 bridgehead atoms. The van der Waals surface area contributed by atoms with Crippen LogP contribution in [-0.4, -0.2) is 10.0 Å². The molecule has 0 radical (unpaired) electrons. The average molecular weight is 246 g/mol. The van der Waals surface area contributed by atoms with E-state index in [0.717, 1.165) is 6.07 Å². The number of aliphatic hydroxyl groups excluding tert-OH is 1. The van der Waals surface area contributed by atoms with Gasteiger partial charge in [0.2, 0.25) is 0 Å². The van der Waals surface area contributed by atoms with Crippen LogP contribution in [0.3, 0.4) is 0 Å². The van der Waals surface area contributed by atoms with Gasteiger partial charge in [0.25, 0.3) is 5.69 Å². The van der Waals surface area contributed by atoms with Crippen LogP contribution in [0.15, 0.2) is 12.1 Å². The van der Waals surface area contributed by atoms with Crippen molar-refractivity contribution in [1.29, 1.82) is 5.26 Å². The molecule has 1 aromatic rings. The predicted octanol–water partition coefficient (Wildman–Crippen LogP) is 1.98. The van der Waals surface area contributed by atoms with E-state index < -0.39 is 34.5 Å². The number of benzene rings is 1. The maximum atomic E-state index is 12.5. The number of halogens is 3. The number of hydrogen-bond donors (Lipinski definition) is 1. The van der Waals surface area contributed by atoms with Gasteiger partial charge >= 0.3 is 6.18 Å². The van der Waals surface area contributed by atoms with E-state index in [1.807, 2.05) is 0 Å². The van der Waals surface area contributed by atoms with Crippen LogP contribution in [0.5, 0.6) is 0 Å². The lowest BCUT2D eigenvalue weighted by molar-refractivity contribution is -0.388. The van der Waals surface area contributed by atoms with Crippen molar-refractivity contribution in [2.24, 2.45) is 0 Å². The van der Waals surface area contributed by atoms with Crippen molar-refractivity contribution >= 4 is 5.69 Å². The maximum absolute atomic E-state index is 12.5. The van der Waals surface area contributed by atoms with Gasteiger partial charge in [-0.05, 0) is 17.7 Å². The number of hydrogen-bond acceptors (Lipinski definition) is 4. The number of nitrogens with zero attached hydrogens (tertiary/aromatic N) is 2. The molecule has 0 atom stereocenters. The zero-order chi connectivity index (χ0) is 13.2. The lowest BCUT2D eigenvalue weighted by atomic mass is 10.0. The summed E-state index contributed by atoms with van der Waals surface area (Å²) < 4.78 is 37.6. The van der Waals surface area contributed by atoms with Crippen LogP contribution in [0, 0.1) is 21.4 Å². The molecule has 0 saturated carbocycles. The molecule has 0 aliphatic rings. The fourth-order valence-electron chi connectivity index (χ4n) is 1.28. The smallest absolute Gasteiger partial charge is 0.392 e. The van der Waals surface area contributed by atoms with Crippen LogP contribution in [0.1, 0.15) is 16.7 Å². The van der Waals surface area contributed by atoms with Gasteiger partial charge < -0.3 is 5.11 Å². The average Bonchev–Trinajstić information content (AvgIpc) is 2.25. The van der Waals surface area contributed by atoms with E-state index >= 15 is 0 Å². The van der Waals surface area contributed by atoms with Gasteiger partial charge in [-0.3, -0.25) is 10.1 Å². The van der Waals surface area contributed by atoms with Crippen LogP contribution in [0.2, 0.25) is 0 Å². The van der Waals surface area contributed by atoms with Crippen molar-refractivity contribution in [3.63, 3.8) is 0 Å². The zero-order valence-electron chi connectivity index (χ0n) is 8.15. The summed E-state index contributed by atoms with van der Waals surface area (Å²) in [5.74, 6) is 0. The molecule has 0 spiro atoms. The predicted molar refractivity (Wildman–Crippen MR) is 48.7 cm³/mol. The number of aliphatic hydroxyl groups is 1. The fourth-order valence-corrected chi connectivity index (χ4v) is 1.28. The molecule has 0 fully saturated rings. The molecule has 1 aromatic carbocycles. The highest BCUT2D eigenvalue weighted by molar-refractivity contribution is 5.57. The molecule has 0 aliphatic carbocycles. The van der Waals surface area contributed by atoms with Crippen LogP contribution in [0.25, 0.3) is 0 Å². The van der Waals surface area contributed by atoms with Crippen LogP contribution in [-0.2, 0) is 12.8 Å². The Morgan fingerprint density at radius 1 is 1.47 bits per heavy atom. The third kappa shape index (κ3) is 2.51. The van der Waals surface area contributed by atoms with E-state index in [1.165, 1.54) is 6.07 Å². The summed E-state index contributed by atoms with van der Waals surface area (Å²) in [5.41, 5.74) is -3.77. The highest BCUT2D eigenvalue weighted by atomic mass is 19.4. The fraction of sp³-hybridized carbons (Fsp3) is 0.222. The number of nitriles is 1. The van der Waals surface area contributed by atoms with Gasteiger partial charge in [-0.25, -0.2) is 0 Å². The molecular weight excluding hydrogens is 241 g/mol. The van der Waals surface area contributed by atoms with E-state index in [1.54, 1.807) is 0 Å². The standard InChI is InChI=1S/C9H5F3N2O3/c10-9(11,12)7-2-5(4-15)1-6(3-13)8(7)14(16)17/h1-2,15H,4H2. The molecule has 0 unspecified atom stereocenters. The highest BCUT2D eigenvalue weighted by Crippen LogP contribution is 2.38. The molecular formula is C9H5F3N2O3. The Labute approximate surface area is 92.9 Å². The minimum atomic E-state index is -4.96. The Kier molecular flexibility index (Phi) is 3.34. The lowest BCUT2D eigenvalue weighted by Gasteiger charge is -2.09. The van der Waals surface area contributed by atoms with Gasteiger partial charge in [-0.15, -0.1) is 0 Å². The van der Waals surface area contributed by atoms with Crippen molar-refractivity contribution in [3.05, 3.63) is 38.9 Å². The Morgan fingerprint density at radius 3 is 2.41 bits per heavy atom. The first-order valence-corrected chi connectivity index (χ1v) is 4.20. The van der Waals surface area contributed by atoms with E-state index in [0.29, 0.717) is 6.07 Å². The largest absolute Gasteiger partial charge is 0.423 e. The number of alkyl halides is 3. The summed E-state index contributed by atoms with van der Waals surface area (Å²) >= 11 is 0. The topological polar surface area (TPSA) is 87.2 Å². The first-order chi connectivity index (χ1) is 7.81. The second-order valence-corrected chi connectivity index (χ2v) is 3.06. The normalized spacial score (nSPS) is 11.0. The summed E-state index contributed by atoms with van der Waals surface area (Å²) in [7, 11) is 0. The first kappa shape index (κ1) is 12.9. The second kappa shape index (κ2) is 4.39. The summed E-state index contributed by atoms with van der Waals surface area (Å²) in [5, 5.41) is 27.8. The molecule has 0 aromatic heterocycles. The molecule has 17 heavy (non-hydrogen) atoms. The molecule has 8 heteroatoms. The summed E-state index contributed by atoms with van der Waals surface area (Å²) in [6, 6.07) is 2.62. The molecule has 5 nitrogen and oxygen atoms in total. The highest BCUT2D eigenvalue weighted by Gasteiger charge is 2.40. The third-order valence-electron chi connectivity index (χ3n) is 1.96. The number of nitro groups is 1. The van der Waals surface area contributed by atoms with Crippen LogP contribution in [0.4, 0.5) is 18.9 Å². The molecule has 0 heterocycles. The summed E-state index contributed by atoms with van der Waals surface area (Å²) in [4.78, 5) is 9.28. The maximum Gasteiger partial charge on any atom is 0.423 e. The summed E-state index contributed by atoms with van der Waals surface area (Å²) in [6.45, 7) is -0.740. The Hall–Kier alpha value is -2.14. The van der Waals surface area contributed by atoms with Crippen molar-refractivity contribution in [3.8, 4) is 6.07 Å². The molecule has 0 aliphatic heterocycles. The first-order valence-electron chi connectivity index (χ1n) is 4.20. The number of rotatable bonds is 2. The molecule has 1 N–H and O–H groups in total. The molecule has 1 rings (SSSR count). The Balaban J connectivity index is 3.66. The number of nitro benzene ring substituents is 1. The van der Waals surface area contributed by atoms with Gasteiger partial charge in [0.15, 0.2) is 0 Å². The van der Waals surface area contributed by atoms with Crippen molar-refractivity contribution in [2.45, 2.75) is 12.8 Å². The minimum Gasteiger partial charge on any atom is -0.392 e. The third-order valence-corrected chi connectivity index (χ3v) is 1.96. The van der Waals surface area contributed by atoms with Crippen LogP contribution >= 0.6 is 0 Å². The van der Waals surface area contributed by atoms with Gasteiger partial charge in [0.1, 0.15) is 17.2 Å². The van der Waals surface area contributed by atoms with Crippen molar-refractivity contribution in [1.82, 2.24) is 0 Å². The lowest BCUT2D eigenvalue weighted by Crippen LogP contribution is -2.11. The second-order valence-electron chi connectivity index (χ2n) is 3.06. The Morgan fingerprint density at radius 2 is 2.06 bits per heavy atom. The van der Waals surface area contributed by atoms with E-state index in [2.05, 4.69) is 0 Å². The zero-order valence-corrected chi connectivity index (χ0v) is 8.15. The minimum absolute atomic E-state index is 0.209. The van der Waals surface area contributed by atoms with E-state index in [4.69, 9.17) is 10.4 Å². The summed E-state index contributed by atoms with van der Waals surface area (Å²) in [6.07, 6.45) is -4.96. The SMILES string of the molecule is N#Cc1cc(CO)cc(C(F)(F)F)c1[N+](=O)[O-]. The van der Waals surface area contributed by atoms with Crippen LogP contribution < -0.4 is 0 Å². The van der Waals surface area contributed by atoms with Gasteiger partial charge in [0, 0.05) is 0 Å². The molecule has 0 amide bonds. The monoisotopic (exact) mass is 246 g/mol. The van der Waals surface area contributed by atoms with E-state index in [-0.39, 0.29) is 5.56 Å². The van der Waals surface area contributed by atoms with Crippen molar-refractivity contribution < 1.29 is 23.2 Å². The van der Waals surface area contributed by atoms with E-state index in [9.17, 15) is 23.3 Å². The van der Waals surface area contributed by atoms with Gasteiger partial charge in [0.05, 0.1) is 11.5 Å². The molecule has 90 valence electrons. The molecule has 0 saturated heterocycles. The van der Waals surface area contributed by atoms with Crippen molar-refractivity contribution in [2.75, 3.05) is 0 Å². The van der Waals surface area contributed by atoms with Gasteiger partial charge in [-0.2, -0.15) is 18.4 Å². The van der Waals surface area contributed by atoms with Gasteiger partial charge in [-0.1, -0.05) is 0 Å². The quantitative estimate of drug-likeness (QED) is 0.638.